The van der Waals surface area contributed by atoms with E-state index in [9.17, 15) is 9.59 Å². The molecule has 0 atom stereocenters. The standard InChI is InChI=1S/C14H16N2O3/c1-11(17)16-9-7-13(8-10-16)15-19-14(18)12-5-3-2-4-6-12/h2-6H,7-10H2,1H3. The number of benzene rings is 1. The molecule has 0 spiro atoms. The maximum Gasteiger partial charge on any atom is 0.365 e. The molecule has 5 heteroatoms. The monoisotopic (exact) mass is 260 g/mol. The average molecular weight is 260 g/mol. The highest BCUT2D eigenvalue weighted by molar-refractivity contribution is 5.91. The molecule has 0 unspecified atom stereocenters. The Morgan fingerprint density at radius 2 is 1.79 bits per heavy atom. The zero-order valence-electron chi connectivity index (χ0n) is 10.8. The minimum Gasteiger partial charge on any atom is -0.342 e. The molecule has 0 bridgehead atoms. The Balaban J connectivity index is 1.87. The summed E-state index contributed by atoms with van der Waals surface area (Å²) in [5.41, 5.74) is 1.30. The van der Waals surface area contributed by atoms with E-state index in [2.05, 4.69) is 5.16 Å². The number of carbonyl (C=O) groups excluding carboxylic acids is 2. The van der Waals surface area contributed by atoms with E-state index >= 15 is 0 Å². The molecule has 0 aromatic heterocycles. The Morgan fingerprint density at radius 3 is 2.37 bits per heavy atom. The quantitative estimate of drug-likeness (QED) is 0.602. The minimum atomic E-state index is -0.456. The molecule has 1 amide bonds. The van der Waals surface area contributed by atoms with Gasteiger partial charge in [0, 0.05) is 32.9 Å². The second-order valence-corrected chi connectivity index (χ2v) is 4.41. The molecule has 1 aliphatic rings. The maximum absolute atomic E-state index is 11.7. The Bertz CT molecular complexity index is 487. The molecule has 0 saturated carbocycles. The summed E-state index contributed by atoms with van der Waals surface area (Å²) in [6.07, 6.45) is 1.31. The smallest absolute Gasteiger partial charge is 0.342 e. The van der Waals surface area contributed by atoms with E-state index in [0.29, 0.717) is 31.5 Å². The van der Waals surface area contributed by atoms with Crippen molar-refractivity contribution in [2.75, 3.05) is 13.1 Å². The van der Waals surface area contributed by atoms with Crippen LogP contribution in [-0.2, 0) is 9.63 Å². The Labute approximate surface area is 111 Å². The SMILES string of the molecule is CC(=O)N1CCC(=NOC(=O)c2ccccc2)CC1. The zero-order valence-corrected chi connectivity index (χ0v) is 10.8. The summed E-state index contributed by atoms with van der Waals surface area (Å²) in [5, 5.41) is 3.88. The van der Waals surface area contributed by atoms with Crippen LogP contribution >= 0.6 is 0 Å². The molecule has 1 aromatic carbocycles. The summed E-state index contributed by atoms with van der Waals surface area (Å²) in [6, 6.07) is 8.74. The van der Waals surface area contributed by atoms with E-state index in [4.69, 9.17) is 4.84 Å². The molecule has 1 aromatic rings. The minimum absolute atomic E-state index is 0.0698. The lowest BCUT2D eigenvalue weighted by Gasteiger charge is -2.25. The van der Waals surface area contributed by atoms with Crippen LogP contribution in [0, 0.1) is 0 Å². The Morgan fingerprint density at radius 1 is 1.16 bits per heavy atom. The number of nitrogens with zero attached hydrogens (tertiary/aromatic N) is 2. The third kappa shape index (κ3) is 3.64. The maximum atomic E-state index is 11.7. The average Bonchev–Trinajstić information content (AvgIpc) is 2.46. The number of carbonyl (C=O) groups is 2. The van der Waals surface area contributed by atoms with Gasteiger partial charge in [0.1, 0.15) is 0 Å². The van der Waals surface area contributed by atoms with Gasteiger partial charge in [-0.1, -0.05) is 23.4 Å². The third-order valence-corrected chi connectivity index (χ3v) is 3.05. The number of oxime groups is 1. The van der Waals surface area contributed by atoms with E-state index in [1.54, 1.807) is 36.1 Å². The number of hydrogen-bond donors (Lipinski definition) is 0. The lowest BCUT2D eigenvalue weighted by Crippen LogP contribution is -2.37. The van der Waals surface area contributed by atoms with Crippen molar-refractivity contribution in [1.82, 2.24) is 4.90 Å². The lowest BCUT2D eigenvalue weighted by atomic mass is 10.1. The van der Waals surface area contributed by atoms with Crippen LogP contribution in [0.15, 0.2) is 35.5 Å². The summed E-state index contributed by atoms with van der Waals surface area (Å²) < 4.78 is 0. The fourth-order valence-electron chi connectivity index (χ4n) is 1.90. The molecular formula is C14H16N2O3. The molecular weight excluding hydrogens is 244 g/mol. The largest absolute Gasteiger partial charge is 0.365 e. The topological polar surface area (TPSA) is 59.0 Å². The summed E-state index contributed by atoms with van der Waals surface area (Å²) >= 11 is 0. The second-order valence-electron chi connectivity index (χ2n) is 4.41. The predicted octanol–water partition coefficient (Wildman–Crippen LogP) is 1.84. The Kier molecular flexibility index (Phi) is 4.28. The van der Waals surface area contributed by atoms with Gasteiger partial charge in [-0.2, -0.15) is 0 Å². The van der Waals surface area contributed by atoms with Crippen molar-refractivity contribution in [3.63, 3.8) is 0 Å². The van der Waals surface area contributed by atoms with Gasteiger partial charge in [0.05, 0.1) is 11.3 Å². The van der Waals surface area contributed by atoms with Gasteiger partial charge >= 0.3 is 5.97 Å². The van der Waals surface area contributed by atoms with Crippen LogP contribution in [0.1, 0.15) is 30.1 Å². The van der Waals surface area contributed by atoms with E-state index in [-0.39, 0.29) is 5.91 Å². The summed E-state index contributed by atoms with van der Waals surface area (Å²) in [5.74, 6) is -0.387. The summed E-state index contributed by atoms with van der Waals surface area (Å²) in [7, 11) is 0. The highest BCUT2D eigenvalue weighted by atomic mass is 16.7. The fraction of sp³-hybridized carbons (Fsp3) is 0.357. The van der Waals surface area contributed by atoms with Gasteiger partial charge in [0.25, 0.3) is 0 Å². The molecule has 1 aliphatic heterocycles. The second kappa shape index (κ2) is 6.13. The fourth-order valence-corrected chi connectivity index (χ4v) is 1.90. The van der Waals surface area contributed by atoms with Crippen LogP contribution in [0.2, 0.25) is 0 Å². The van der Waals surface area contributed by atoms with Gasteiger partial charge in [-0.25, -0.2) is 4.79 Å². The van der Waals surface area contributed by atoms with Crippen LogP contribution < -0.4 is 0 Å². The van der Waals surface area contributed by atoms with E-state index in [1.807, 2.05) is 6.07 Å². The first-order valence-corrected chi connectivity index (χ1v) is 6.24. The molecule has 5 nitrogen and oxygen atoms in total. The van der Waals surface area contributed by atoms with Crippen LogP contribution in [0.25, 0.3) is 0 Å². The van der Waals surface area contributed by atoms with E-state index in [0.717, 1.165) is 5.71 Å². The first-order chi connectivity index (χ1) is 9.16. The van der Waals surface area contributed by atoms with Gasteiger partial charge in [0.15, 0.2) is 0 Å². The number of piperidine rings is 1. The molecule has 0 N–H and O–H groups in total. The summed E-state index contributed by atoms with van der Waals surface area (Å²) in [6.45, 7) is 2.83. The number of hydrogen-bond acceptors (Lipinski definition) is 4. The molecule has 2 rings (SSSR count). The van der Waals surface area contributed by atoms with Crippen molar-refractivity contribution in [3.8, 4) is 0 Å². The van der Waals surface area contributed by atoms with Crippen molar-refractivity contribution in [3.05, 3.63) is 35.9 Å². The van der Waals surface area contributed by atoms with Crippen LogP contribution in [0.5, 0.6) is 0 Å². The van der Waals surface area contributed by atoms with Crippen molar-refractivity contribution >= 4 is 17.6 Å². The van der Waals surface area contributed by atoms with Crippen LogP contribution in [0.3, 0.4) is 0 Å². The van der Waals surface area contributed by atoms with Crippen molar-refractivity contribution in [2.24, 2.45) is 5.16 Å². The molecule has 19 heavy (non-hydrogen) atoms. The van der Waals surface area contributed by atoms with Crippen LogP contribution in [0.4, 0.5) is 0 Å². The van der Waals surface area contributed by atoms with Gasteiger partial charge in [0.2, 0.25) is 5.91 Å². The van der Waals surface area contributed by atoms with Crippen molar-refractivity contribution in [1.29, 1.82) is 0 Å². The van der Waals surface area contributed by atoms with Crippen LogP contribution in [-0.4, -0.2) is 35.6 Å². The lowest BCUT2D eigenvalue weighted by molar-refractivity contribution is -0.128. The highest BCUT2D eigenvalue weighted by Gasteiger charge is 2.17. The molecule has 0 radical (unpaired) electrons. The number of amides is 1. The first kappa shape index (κ1) is 13.3. The number of rotatable bonds is 2. The molecule has 1 heterocycles. The van der Waals surface area contributed by atoms with E-state index < -0.39 is 5.97 Å². The molecule has 1 saturated heterocycles. The first-order valence-electron chi connectivity index (χ1n) is 6.24. The highest BCUT2D eigenvalue weighted by Crippen LogP contribution is 2.09. The third-order valence-electron chi connectivity index (χ3n) is 3.05. The van der Waals surface area contributed by atoms with E-state index in [1.165, 1.54) is 0 Å². The number of likely N-dealkylation sites (tertiary alicyclic amines) is 1. The van der Waals surface area contributed by atoms with Crippen molar-refractivity contribution < 1.29 is 14.4 Å². The van der Waals surface area contributed by atoms with Gasteiger partial charge < -0.3 is 9.74 Å². The predicted molar refractivity (Wildman–Crippen MR) is 70.8 cm³/mol. The molecule has 100 valence electrons. The summed E-state index contributed by atoms with van der Waals surface area (Å²) in [4.78, 5) is 29.5. The molecule has 1 fully saturated rings. The molecule has 0 aliphatic carbocycles. The van der Waals surface area contributed by atoms with Gasteiger partial charge in [-0.15, -0.1) is 0 Å². The van der Waals surface area contributed by atoms with Crippen molar-refractivity contribution in [2.45, 2.75) is 19.8 Å². The normalized spacial score (nSPS) is 15.0. The van der Waals surface area contributed by atoms with Gasteiger partial charge in [-0.3, -0.25) is 4.79 Å². The van der Waals surface area contributed by atoms with Gasteiger partial charge in [-0.05, 0) is 12.1 Å². The zero-order chi connectivity index (χ0) is 13.7. The Hall–Kier alpha value is -2.17.